The lowest BCUT2D eigenvalue weighted by atomic mass is 10.0. The highest BCUT2D eigenvalue weighted by molar-refractivity contribution is 6.33. The SMILES string of the molecule is Cc1c(C)c2cc(Cl)c3c(c2oc1=O)CN(c1ncccn1)CO3. The molecular formula is C17H14ClN3O3. The molecule has 0 fully saturated rings. The number of nitrogens with zero attached hydrogens (tertiary/aromatic N) is 3. The fourth-order valence-electron chi connectivity index (χ4n) is 2.85. The van der Waals surface area contributed by atoms with Crippen LogP contribution in [0, 0.1) is 13.8 Å². The molecule has 0 aliphatic carbocycles. The Morgan fingerprint density at radius 1 is 1.21 bits per heavy atom. The van der Waals surface area contributed by atoms with Crippen molar-refractivity contribution in [2.45, 2.75) is 20.4 Å². The molecule has 0 amide bonds. The monoisotopic (exact) mass is 343 g/mol. The minimum Gasteiger partial charge on any atom is -0.471 e. The first-order valence-corrected chi connectivity index (χ1v) is 7.84. The lowest BCUT2D eigenvalue weighted by Crippen LogP contribution is -2.33. The predicted octanol–water partition coefficient (Wildman–Crippen LogP) is 3.21. The molecule has 0 saturated heterocycles. The second kappa shape index (κ2) is 5.49. The van der Waals surface area contributed by atoms with Gasteiger partial charge in [-0.2, -0.15) is 0 Å². The smallest absolute Gasteiger partial charge is 0.339 e. The number of aryl methyl sites for hydroxylation is 1. The average Bonchev–Trinajstić information content (AvgIpc) is 2.61. The zero-order valence-electron chi connectivity index (χ0n) is 13.2. The summed E-state index contributed by atoms with van der Waals surface area (Å²) in [6, 6.07) is 3.54. The van der Waals surface area contributed by atoms with E-state index in [1.807, 2.05) is 11.8 Å². The lowest BCUT2D eigenvalue weighted by molar-refractivity contribution is 0.286. The molecule has 1 aliphatic heterocycles. The Hall–Kier alpha value is -2.60. The van der Waals surface area contributed by atoms with E-state index >= 15 is 0 Å². The van der Waals surface area contributed by atoms with Crippen LogP contribution in [-0.4, -0.2) is 16.7 Å². The normalized spacial score (nSPS) is 13.7. The molecule has 7 heteroatoms. The highest BCUT2D eigenvalue weighted by Crippen LogP contribution is 2.40. The number of hydrogen-bond donors (Lipinski definition) is 0. The topological polar surface area (TPSA) is 68.5 Å². The fourth-order valence-corrected chi connectivity index (χ4v) is 3.13. The standard InChI is InChI=1S/C17H14ClN3O3/c1-9-10(2)16(22)24-14-11(9)6-13(18)15-12(14)7-21(8-23-15)17-19-4-3-5-20-17/h3-6H,7-8H2,1-2H3. The summed E-state index contributed by atoms with van der Waals surface area (Å²) in [5.41, 5.74) is 2.33. The number of halogens is 1. The van der Waals surface area contributed by atoms with Crippen LogP contribution in [0.2, 0.25) is 5.02 Å². The molecule has 0 unspecified atom stereocenters. The van der Waals surface area contributed by atoms with E-state index in [1.165, 1.54) is 0 Å². The Labute approximate surface area is 142 Å². The number of ether oxygens (including phenoxy) is 1. The average molecular weight is 344 g/mol. The van der Waals surface area contributed by atoms with E-state index in [1.54, 1.807) is 31.5 Å². The molecule has 122 valence electrons. The largest absolute Gasteiger partial charge is 0.471 e. The summed E-state index contributed by atoms with van der Waals surface area (Å²) in [6.45, 7) is 4.35. The van der Waals surface area contributed by atoms with E-state index in [-0.39, 0.29) is 12.4 Å². The number of anilines is 1. The molecule has 4 rings (SSSR count). The molecule has 1 aromatic carbocycles. The number of rotatable bonds is 1. The van der Waals surface area contributed by atoms with E-state index in [0.717, 1.165) is 16.5 Å². The van der Waals surface area contributed by atoms with Gasteiger partial charge in [-0.25, -0.2) is 14.8 Å². The zero-order chi connectivity index (χ0) is 16.8. The minimum atomic E-state index is -0.349. The molecule has 0 saturated carbocycles. The van der Waals surface area contributed by atoms with Gasteiger partial charge < -0.3 is 14.1 Å². The Balaban J connectivity index is 1.93. The van der Waals surface area contributed by atoms with Crippen molar-refractivity contribution in [3.8, 4) is 5.75 Å². The summed E-state index contributed by atoms with van der Waals surface area (Å²) in [5, 5.41) is 1.32. The van der Waals surface area contributed by atoms with Crippen LogP contribution in [0.1, 0.15) is 16.7 Å². The van der Waals surface area contributed by atoms with Gasteiger partial charge in [0.05, 0.1) is 17.1 Å². The first-order chi connectivity index (χ1) is 11.6. The third-order valence-corrected chi connectivity index (χ3v) is 4.58. The van der Waals surface area contributed by atoms with E-state index in [0.29, 0.717) is 34.4 Å². The number of benzene rings is 1. The summed E-state index contributed by atoms with van der Waals surface area (Å²) in [6.07, 6.45) is 3.34. The van der Waals surface area contributed by atoms with E-state index in [4.69, 9.17) is 20.8 Å². The molecular weight excluding hydrogens is 330 g/mol. The summed E-state index contributed by atoms with van der Waals surface area (Å²) in [4.78, 5) is 22.4. The molecule has 1 aliphatic rings. The second-order valence-electron chi connectivity index (χ2n) is 5.70. The van der Waals surface area contributed by atoms with Crippen LogP contribution in [0.5, 0.6) is 5.75 Å². The van der Waals surface area contributed by atoms with E-state index < -0.39 is 0 Å². The Bertz CT molecular complexity index is 1000. The van der Waals surface area contributed by atoms with E-state index in [9.17, 15) is 4.79 Å². The van der Waals surface area contributed by atoms with Crippen LogP contribution in [0.25, 0.3) is 11.0 Å². The summed E-state index contributed by atoms with van der Waals surface area (Å²) in [7, 11) is 0. The van der Waals surface area contributed by atoms with Crippen molar-refractivity contribution in [2.24, 2.45) is 0 Å². The molecule has 0 spiro atoms. The maximum atomic E-state index is 12.1. The van der Waals surface area contributed by atoms with Crippen molar-refractivity contribution in [2.75, 3.05) is 11.6 Å². The van der Waals surface area contributed by atoms with Gasteiger partial charge in [0, 0.05) is 23.3 Å². The minimum absolute atomic E-state index is 0.275. The Morgan fingerprint density at radius 2 is 1.96 bits per heavy atom. The van der Waals surface area contributed by atoms with Crippen molar-refractivity contribution in [3.05, 3.63) is 56.7 Å². The fraction of sp³-hybridized carbons (Fsp3) is 0.235. The Kier molecular flexibility index (Phi) is 3.42. The molecule has 0 radical (unpaired) electrons. The number of fused-ring (bicyclic) bond motifs is 3. The van der Waals surface area contributed by atoms with Crippen LogP contribution < -0.4 is 15.3 Å². The van der Waals surface area contributed by atoms with Gasteiger partial charge in [0.1, 0.15) is 11.3 Å². The lowest BCUT2D eigenvalue weighted by Gasteiger charge is -2.29. The molecule has 3 heterocycles. The van der Waals surface area contributed by atoms with Crippen molar-refractivity contribution >= 4 is 28.5 Å². The first-order valence-electron chi connectivity index (χ1n) is 7.46. The van der Waals surface area contributed by atoms with Crippen LogP contribution in [0.3, 0.4) is 0 Å². The van der Waals surface area contributed by atoms with Gasteiger partial charge in [0.25, 0.3) is 0 Å². The van der Waals surface area contributed by atoms with Gasteiger partial charge in [0.2, 0.25) is 5.95 Å². The van der Waals surface area contributed by atoms with Crippen LogP contribution in [0.15, 0.2) is 33.7 Å². The highest BCUT2D eigenvalue weighted by atomic mass is 35.5. The Morgan fingerprint density at radius 3 is 2.71 bits per heavy atom. The third-order valence-electron chi connectivity index (χ3n) is 4.30. The molecule has 2 aromatic heterocycles. The predicted molar refractivity (Wildman–Crippen MR) is 90.7 cm³/mol. The van der Waals surface area contributed by atoms with Gasteiger partial charge in [-0.3, -0.25) is 0 Å². The second-order valence-corrected chi connectivity index (χ2v) is 6.11. The van der Waals surface area contributed by atoms with E-state index in [2.05, 4.69) is 9.97 Å². The van der Waals surface area contributed by atoms with Gasteiger partial charge >= 0.3 is 5.63 Å². The van der Waals surface area contributed by atoms with Crippen molar-refractivity contribution in [3.63, 3.8) is 0 Å². The van der Waals surface area contributed by atoms with Gasteiger partial charge in [-0.15, -0.1) is 0 Å². The molecule has 3 aromatic rings. The third kappa shape index (κ3) is 2.22. The van der Waals surface area contributed by atoms with Crippen molar-refractivity contribution in [1.82, 2.24) is 9.97 Å². The molecule has 0 N–H and O–H groups in total. The molecule has 0 bridgehead atoms. The van der Waals surface area contributed by atoms with Crippen molar-refractivity contribution < 1.29 is 9.15 Å². The number of aromatic nitrogens is 2. The van der Waals surface area contributed by atoms with Crippen molar-refractivity contribution in [1.29, 1.82) is 0 Å². The summed E-state index contributed by atoms with van der Waals surface area (Å²) < 4.78 is 11.3. The first kappa shape index (κ1) is 15.0. The quantitative estimate of drug-likeness (QED) is 0.632. The number of hydrogen-bond acceptors (Lipinski definition) is 6. The van der Waals surface area contributed by atoms with Gasteiger partial charge in [-0.05, 0) is 31.5 Å². The van der Waals surface area contributed by atoms with Crippen LogP contribution in [0.4, 0.5) is 5.95 Å². The highest BCUT2D eigenvalue weighted by Gasteiger charge is 2.26. The van der Waals surface area contributed by atoms with Gasteiger partial charge in [0.15, 0.2) is 6.73 Å². The molecule has 0 atom stereocenters. The molecule has 6 nitrogen and oxygen atoms in total. The maximum Gasteiger partial charge on any atom is 0.339 e. The van der Waals surface area contributed by atoms with Crippen LogP contribution in [-0.2, 0) is 6.54 Å². The summed E-state index contributed by atoms with van der Waals surface area (Å²) in [5.74, 6) is 1.09. The summed E-state index contributed by atoms with van der Waals surface area (Å²) >= 11 is 6.38. The molecule has 24 heavy (non-hydrogen) atoms. The zero-order valence-corrected chi connectivity index (χ0v) is 13.9. The maximum absolute atomic E-state index is 12.1. The van der Waals surface area contributed by atoms with Crippen LogP contribution >= 0.6 is 11.6 Å². The van der Waals surface area contributed by atoms with Gasteiger partial charge in [-0.1, -0.05) is 11.6 Å².